The molecule has 1 heterocycles. The molecule has 2 atom stereocenters. The summed E-state index contributed by atoms with van der Waals surface area (Å²) >= 11 is 0. The van der Waals surface area contributed by atoms with E-state index >= 15 is 0 Å². The van der Waals surface area contributed by atoms with Crippen LogP contribution in [-0.4, -0.2) is 31.0 Å². The molecule has 16 heavy (non-hydrogen) atoms. The molecule has 0 saturated heterocycles. The van der Waals surface area contributed by atoms with Gasteiger partial charge >= 0.3 is 0 Å². The van der Waals surface area contributed by atoms with E-state index in [0.29, 0.717) is 6.61 Å². The van der Waals surface area contributed by atoms with Crippen LogP contribution in [0.2, 0.25) is 0 Å². The number of hydrogen-bond donors (Lipinski definition) is 1. The van der Waals surface area contributed by atoms with Gasteiger partial charge in [0.2, 0.25) is 0 Å². The average molecular weight is 222 g/mol. The third kappa shape index (κ3) is 2.36. The van der Waals surface area contributed by atoms with Gasteiger partial charge in [-0.1, -0.05) is 17.7 Å². The van der Waals surface area contributed by atoms with E-state index in [9.17, 15) is 5.11 Å². The summed E-state index contributed by atoms with van der Waals surface area (Å²) in [6.45, 7) is 2.40. The number of fused-ring (bicyclic) bond motifs is 1. The number of aryl methyl sites for hydroxylation is 2. The summed E-state index contributed by atoms with van der Waals surface area (Å²) in [6, 6.07) is 6.16. The number of hydrogen-bond acceptors (Lipinski definition) is 3. The Labute approximate surface area is 96.0 Å². The Hall–Kier alpha value is -1.06. The molecule has 1 aliphatic rings. The minimum absolute atomic E-state index is 0.143. The van der Waals surface area contributed by atoms with E-state index in [1.165, 1.54) is 11.1 Å². The van der Waals surface area contributed by atoms with Gasteiger partial charge in [-0.3, -0.25) is 0 Å². The highest BCUT2D eigenvalue weighted by atomic mass is 16.5. The lowest BCUT2D eigenvalue weighted by atomic mass is 9.98. The second-order valence-corrected chi connectivity index (χ2v) is 4.33. The summed E-state index contributed by atoms with van der Waals surface area (Å²) in [5.74, 6) is 0.900. The predicted molar refractivity (Wildman–Crippen MR) is 61.8 cm³/mol. The van der Waals surface area contributed by atoms with Gasteiger partial charge in [-0.15, -0.1) is 0 Å². The summed E-state index contributed by atoms with van der Waals surface area (Å²) in [4.78, 5) is 0. The minimum atomic E-state index is -0.542. The zero-order valence-corrected chi connectivity index (χ0v) is 9.77. The standard InChI is InChI=1S/C13H18O3/c1-9-3-5-12-10(7-9)4-6-13(16-12)11(14)8-15-2/h3,5,7,11,13-14H,4,6,8H2,1-2H3. The van der Waals surface area contributed by atoms with Gasteiger partial charge in [0.25, 0.3) is 0 Å². The molecule has 88 valence electrons. The van der Waals surface area contributed by atoms with E-state index in [0.717, 1.165) is 18.6 Å². The van der Waals surface area contributed by atoms with Gasteiger partial charge in [-0.25, -0.2) is 0 Å². The van der Waals surface area contributed by atoms with E-state index < -0.39 is 6.10 Å². The number of rotatable bonds is 3. The first kappa shape index (κ1) is 11.4. The maximum Gasteiger partial charge on any atom is 0.127 e. The fourth-order valence-corrected chi connectivity index (χ4v) is 2.09. The lowest BCUT2D eigenvalue weighted by Gasteiger charge is -2.29. The second kappa shape index (κ2) is 4.85. The van der Waals surface area contributed by atoms with Crippen LogP contribution in [-0.2, 0) is 11.2 Å². The van der Waals surface area contributed by atoms with Crippen LogP contribution < -0.4 is 4.74 Å². The molecular weight excluding hydrogens is 204 g/mol. The largest absolute Gasteiger partial charge is 0.487 e. The van der Waals surface area contributed by atoms with Crippen molar-refractivity contribution in [2.24, 2.45) is 0 Å². The molecule has 1 aliphatic heterocycles. The fraction of sp³-hybridized carbons (Fsp3) is 0.538. The maximum absolute atomic E-state index is 9.80. The SMILES string of the molecule is COCC(O)C1CCc2cc(C)ccc2O1. The monoisotopic (exact) mass is 222 g/mol. The van der Waals surface area contributed by atoms with Crippen LogP contribution in [0, 0.1) is 6.92 Å². The topological polar surface area (TPSA) is 38.7 Å². The molecule has 3 nitrogen and oxygen atoms in total. The highest BCUT2D eigenvalue weighted by Crippen LogP contribution is 2.29. The second-order valence-electron chi connectivity index (χ2n) is 4.33. The van der Waals surface area contributed by atoms with Gasteiger partial charge in [0, 0.05) is 7.11 Å². The van der Waals surface area contributed by atoms with Gasteiger partial charge in [-0.05, 0) is 31.4 Å². The van der Waals surface area contributed by atoms with Crippen molar-refractivity contribution in [2.45, 2.75) is 32.0 Å². The lowest BCUT2D eigenvalue weighted by molar-refractivity contribution is -0.0219. The Morgan fingerprint density at radius 3 is 3.12 bits per heavy atom. The van der Waals surface area contributed by atoms with E-state index in [4.69, 9.17) is 9.47 Å². The molecule has 1 aromatic carbocycles. The minimum Gasteiger partial charge on any atom is -0.487 e. The molecule has 0 amide bonds. The first-order chi connectivity index (χ1) is 7.70. The first-order valence-corrected chi connectivity index (χ1v) is 5.64. The van der Waals surface area contributed by atoms with Crippen LogP contribution in [0.5, 0.6) is 5.75 Å². The van der Waals surface area contributed by atoms with Crippen molar-refractivity contribution >= 4 is 0 Å². The first-order valence-electron chi connectivity index (χ1n) is 5.64. The molecule has 0 fully saturated rings. The van der Waals surface area contributed by atoms with Crippen molar-refractivity contribution in [3.05, 3.63) is 29.3 Å². The van der Waals surface area contributed by atoms with Gasteiger partial charge in [0.15, 0.2) is 0 Å². The van der Waals surface area contributed by atoms with Crippen molar-refractivity contribution < 1.29 is 14.6 Å². The Morgan fingerprint density at radius 1 is 1.56 bits per heavy atom. The molecule has 2 rings (SSSR count). The summed E-state index contributed by atoms with van der Waals surface area (Å²) in [7, 11) is 1.59. The van der Waals surface area contributed by atoms with Crippen LogP contribution in [0.15, 0.2) is 18.2 Å². The van der Waals surface area contributed by atoms with Crippen LogP contribution >= 0.6 is 0 Å². The number of aliphatic hydroxyl groups is 1. The highest BCUT2D eigenvalue weighted by molar-refractivity contribution is 5.38. The highest BCUT2D eigenvalue weighted by Gasteiger charge is 2.26. The molecule has 0 radical (unpaired) electrons. The summed E-state index contributed by atoms with van der Waals surface area (Å²) in [5, 5.41) is 9.80. The Kier molecular flexibility index (Phi) is 3.46. The molecule has 1 aromatic rings. The zero-order valence-electron chi connectivity index (χ0n) is 9.77. The van der Waals surface area contributed by atoms with Gasteiger partial charge in [0.05, 0.1) is 6.61 Å². The molecule has 0 aliphatic carbocycles. The Morgan fingerprint density at radius 2 is 2.38 bits per heavy atom. The third-order valence-electron chi connectivity index (χ3n) is 2.96. The van der Waals surface area contributed by atoms with Crippen LogP contribution in [0.3, 0.4) is 0 Å². The molecule has 0 aromatic heterocycles. The number of aliphatic hydroxyl groups excluding tert-OH is 1. The normalized spacial score (nSPS) is 21.1. The molecule has 2 unspecified atom stereocenters. The predicted octanol–water partition coefficient (Wildman–Crippen LogP) is 1.70. The number of methoxy groups -OCH3 is 1. The van der Waals surface area contributed by atoms with Crippen molar-refractivity contribution in [2.75, 3.05) is 13.7 Å². The van der Waals surface area contributed by atoms with E-state index in [2.05, 4.69) is 13.0 Å². The van der Waals surface area contributed by atoms with Gasteiger partial charge < -0.3 is 14.6 Å². The molecule has 3 heteroatoms. The van der Waals surface area contributed by atoms with Gasteiger partial charge in [0.1, 0.15) is 18.0 Å². The summed E-state index contributed by atoms with van der Waals surface area (Å²) in [5.41, 5.74) is 2.49. The van der Waals surface area contributed by atoms with Crippen molar-refractivity contribution in [1.82, 2.24) is 0 Å². The van der Waals surface area contributed by atoms with E-state index in [-0.39, 0.29) is 6.10 Å². The van der Waals surface area contributed by atoms with E-state index in [1.807, 2.05) is 12.1 Å². The van der Waals surface area contributed by atoms with Crippen LogP contribution in [0.4, 0.5) is 0 Å². The Bertz CT molecular complexity index is 362. The molecule has 0 bridgehead atoms. The molecule has 0 spiro atoms. The third-order valence-corrected chi connectivity index (χ3v) is 2.96. The Balaban J connectivity index is 2.09. The average Bonchev–Trinajstić information content (AvgIpc) is 2.28. The van der Waals surface area contributed by atoms with Crippen molar-refractivity contribution in [3.8, 4) is 5.75 Å². The fourth-order valence-electron chi connectivity index (χ4n) is 2.09. The zero-order chi connectivity index (χ0) is 11.5. The number of ether oxygens (including phenoxy) is 2. The molecular formula is C13H18O3. The van der Waals surface area contributed by atoms with Crippen LogP contribution in [0.1, 0.15) is 17.5 Å². The maximum atomic E-state index is 9.80. The van der Waals surface area contributed by atoms with E-state index in [1.54, 1.807) is 7.11 Å². The van der Waals surface area contributed by atoms with Gasteiger partial charge in [-0.2, -0.15) is 0 Å². The summed E-state index contributed by atoms with van der Waals surface area (Å²) in [6.07, 6.45) is 1.12. The number of benzene rings is 1. The quantitative estimate of drug-likeness (QED) is 0.846. The summed E-state index contributed by atoms with van der Waals surface area (Å²) < 4.78 is 10.7. The molecule has 1 N–H and O–H groups in total. The van der Waals surface area contributed by atoms with Crippen LogP contribution in [0.25, 0.3) is 0 Å². The van der Waals surface area contributed by atoms with Crippen molar-refractivity contribution in [3.63, 3.8) is 0 Å². The smallest absolute Gasteiger partial charge is 0.127 e. The van der Waals surface area contributed by atoms with Crippen molar-refractivity contribution in [1.29, 1.82) is 0 Å². The molecule has 0 saturated carbocycles. The lowest BCUT2D eigenvalue weighted by Crippen LogP contribution is -2.37.